The van der Waals surface area contributed by atoms with Crippen LogP contribution in [-0.2, 0) is 0 Å². The molecule has 19 heavy (non-hydrogen) atoms. The summed E-state index contributed by atoms with van der Waals surface area (Å²) in [4.78, 5) is 2.76. The fraction of sp³-hybridized carbons (Fsp3) is 1.00. The van der Waals surface area contributed by atoms with Gasteiger partial charge in [-0.05, 0) is 57.4 Å². The molecule has 2 rings (SSSR count). The third-order valence-electron chi connectivity index (χ3n) is 5.22. The summed E-state index contributed by atoms with van der Waals surface area (Å²) in [6.45, 7) is 8.55. The van der Waals surface area contributed by atoms with E-state index in [1.807, 2.05) is 0 Å². The summed E-state index contributed by atoms with van der Waals surface area (Å²) in [5.74, 6) is 0.967. The molecule has 1 saturated heterocycles. The van der Waals surface area contributed by atoms with Gasteiger partial charge in [-0.15, -0.1) is 0 Å². The van der Waals surface area contributed by atoms with Crippen LogP contribution in [0, 0.1) is 5.92 Å². The van der Waals surface area contributed by atoms with E-state index in [1.165, 1.54) is 77.4 Å². The Labute approximate surface area is 120 Å². The molecule has 0 spiro atoms. The van der Waals surface area contributed by atoms with Crippen molar-refractivity contribution in [2.24, 2.45) is 5.92 Å². The van der Waals surface area contributed by atoms with E-state index >= 15 is 0 Å². The Bertz CT molecular complexity index is 231. The predicted molar refractivity (Wildman–Crippen MR) is 83.5 cm³/mol. The van der Waals surface area contributed by atoms with Crippen LogP contribution in [0.5, 0.6) is 0 Å². The lowest BCUT2D eigenvalue weighted by Crippen LogP contribution is -2.45. The van der Waals surface area contributed by atoms with Gasteiger partial charge in [-0.25, -0.2) is 0 Å². The third kappa shape index (κ3) is 5.07. The lowest BCUT2D eigenvalue weighted by molar-refractivity contribution is 0.137. The Morgan fingerprint density at radius 2 is 1.84 bits per heavy atom. The standard InChI is InChI=1S/C17H34N2/c1-3-6-17-7-4-5-13-19(17)14-12-18-16-10-8-15(2)9-11-16/h15-18H,3-14H2,1-2H3. The molecule has 0 radical (unpaired) electrons. The maximum atomic E-state index is 3.81. The highest BCUT2D eigenvalue weighted by molar-refractivity contribution is 4.79. The molecule has 0 aromatic heterocycles. The largest absolute Gasteiger partial charge is 0.313 e. The fourth-order valence-electron chi connectivity index (χ4n) is 3.89. The number of hydrogen-bond donors (Lipinski definition) is 1. The van der Waals surface area contributed by atoms with E-state index in [2.05, 4.69) is 24.1 Å². The molecule has 1 heterocycles. The highest BCUT2D eigenvalue weighted by Gasteiger charge is 2.22. The van der Waals surface area contributed by atoms with Crippen LogP contribution in [0.2, 0.25) is 0 Å². The molecular formula is C17H34N2. The van der Waals surface area contributed by atoms with Gasteiger partial charge < -0.3 is 5.32 Å². The van der Waals surface area contributed by atoms with Gasteiger partial charge in [0.2, 0.25) is 0 Å². The molecule has 1 atom stereocenters. The molecule has 0 amide bonds. The van der Waals surface area contributed by atoms with Crippen molar-refractivity contribution in [3.8, 4) is 0 Å². The van der Waals surface area contributed by atoms with Crippen LogP contribution < -0.4 is 5.32 Å². The van der Waals surface area contributed by atoms with Crippen LogP contribution in [0.25, 0.3) is 0 Å². The molecule has 1 aliphatic heterocycles. The van der Waals surface area contributed by atoms with Gasteiger partial charge in [-0.3, -0.25) is 4.90 Å². The van der Waals surface area contributed by atoms with Crippen molar-refractivity contribution in [1.82, 2.24) is 10.2 Å². The van der Waals surface area contributed by atoms with Crippen molar-refractivity contribution in [2.75, 3.05) is 19.6 Å². The summed E-state index contributed by atoms with van der Waals surface area (Å²) >= 11 is 0. The Balaban J connectivity index is 1.63. The average Bonchev–Trinajstić information content (AvgIpc) is 2.43. The molecule has 2 aliphatic rings. The Hall–Kier alpha value is -0.0800. The average molecular weight is 266 g/mol. The summed E-state index contributed by atoms with van der Waals surface area (Å²) in [5, 5.41) is 3.81. The molecular weight excluding hydrogens is 232 g/mol. The third-order valence-corrected chi connectivity index (χ3v) is 5.22. The van der Waals surface area contributed by atoms with E-state index < -0.39 is 0 Å². The Kier molecular flexibility index (Phi) is 6.66. The van der Waals surface area contributed by atoms with Gasteiger partial charge in [0.1, 0.15) is 0 Å². The van der Waals surface area contributed by atoms with Crippen molar-refractivity contribution in [1.29, 1.82) is 0 Å². The van der Waals surface area contributed by atoms with Crippen molar-refractivity contribution < 1.29 is 0 Å². The molecule has 112 valence electrons. The topological polar surface area (TPSA) is 15.3 Å². The molecule has 0 bridgehead atoms. The van der Waals surface area contributed by atoms with Gasteiger partial charge in [0.25, 0.3) is 0 Å². The first-order chi connectivity index (χ1) is 9.29. The van der Waals surface area contributed by atoms with Crippen LogP contribution in [0.1, 0.15) is 71.6 Å². The molecule has 2 fully saturated rings. The summed E-state index contributed by atoms with van der Waals surface area (Å²) in [6.07, 6.45) is 12.7. The van der Waals surface area contributed by atoms with Gasteiger partial charge in [-0.2, -0.15) is 0 Å². The van der Waals surface area contributed by atoms with Crippen LogP contribution in [0.15, 0.2) is 0 Å². The van der Waals surface area contributed by atoms with E-state index in [0.717, 1.165) is 18.0 Å². The monoisotopic (exact) mass is 266 g/mol. The highest BCUT2D eigenvalue weighted by Crippen LogP contribution is 2.23. The molecule has 1 unspecified atom stereocenters. The zero-order valence-electron chi connectivity index (χ0n) is 13.2. The van der Waals surface area contributed by atoms with Crippen LogP contribution in [-0.4, -0.2) is 36.6 Å². The molecule has 1 aliphatic carbocycles. The molecule has 2 heteroatoms. The number of rotatable bonds is 6. The number of likely N-dealkylation sites (tertiary alicyclic amines) is 1. The van der Waals surface area contributed by atoms with E-state index in [9.17, 15) is 0 Å². The molecule has 0 aromatic carbocycles. The summed E-state index contributed by atoms with van der Waals surface area (Å²) in [6, 6.07) is 1.69. The lowest BCUT2D eigenvalue weighted by atomic mass is 9.87. The van der Waals surface area contributed by atoms with Crippen molar-refractivity contribution in [3.63, 3.8) is 0 Å². The minimum Gasteiger partial charge on any atom is -0.313 e. The minimum atomic E-state index is 0.811. The van der Waals surface area contributed by atoms with Crippen molar-refractivity contribution >= 4 is 0 Å². The van der Waals surface area contributed by atoms with Gasteiger partial charge in [0.05, 0.1) is 0 Å². The molecule has 2 nitrogen and oxygen atoms in total. The van der Waals surface area contributed by atoms with E-state index in [0.29, 0.717) is 0 Å². The van der Waals surface area contributed by atoms with Crippen molar-refractivity contribution in [2.45, 2.75) is 83.7 Å². The van der Waals surface area contributed by atoms with Crippen LogP contribution in [0.3, 0.4) is 0 Å². The number of piperidine rings is 1. The summed E-state index contributed by atoms with van der Waals surface area (Å²) in [5.41, 5.74) is 0. The highest BCUT2D eigenvalue weighted by atomic mass is 15.2. The Morgan fingerprint density at radius 1 is 1.05 bits per heavy atom. The summed E-state index contributed by atoms with van der Waals surface area (Å²) < 4.78 is 0. The zero-order valence-corrected chi connectivity index (χ0v) is 13.2. The zero-order chi connectivity index (χ0) is 13.5. The van der Waals surface area contributed by atoms with E-state index in [1.54, 1.807) is 0 Å². The molecule has 0 aromatic rings. The molecule has 1 N–H and O–H groups in total. The van der Waals surface area contributed by atoms with Gasteiger partial charge in [-0.1, -0.05) is 26.7 Å². The van der Waals surface area contributed by atoms with E-state index in [-0.39, 0.29) is 0 Å². The number of hydrogen-bond acceptors (Lipinski definition) is 2. The first-order valence-corrected chi connectivity index (χ1v) is 8.77. The fourth-order valence-corrected chi connectivity index (χ4v) is 3.89. The quantitative estimate of drug-likeness (QED) is 0.786. The predicted octanol–water partition coefficient (Wildman–Crippen LogP) is 3.81. The first kappa shape index (κ1) is 15.3. The second-order valence-corrected chi connectivity index (χ2v) is 6.89. The maximum absolute atomic E-state index is 3.81. The Morgan fingerprint density at radius 3 is 2.58 bits per heavy atom. The first-order valence-electron chi connectivity index (χ1n) is 8.77. The number of nitrogens with zero attached hydrogens (tertiary/aromatic N) is 1. The lowest BCUT2D eigenvalue weighted by Gasteiger charge is -2.36. The summed E-state index contributed by atoms with van der Waals surface area (Å²) in [7, 11) is 0. The van der Waals surface area contributed by atoms with Gasteiger partial charge >= 0.3 is 0 Å². The molecule has 1 saturated carbocycles. The van der Waals surface area contributed by atoms with Crippen molar-refractivity contribution in [3.05, 3.63) is 0 Å². The smallest absolute Gasteiger partial charge is 0.0110 e. The van der Waals surface area contributed by atoms with Crippen LogP contribution >= 0.6 is 0 Å². The normalized spacial score (nSPS) is 33.5. The minimum absolute atomic E-state index is 0.811. The number of nitrogens with one attached hydrogen (secondary N) is 1. The van der Waals surface area contributed by atoms with Gasteiger partial charge in [0, 0.05) is 25.2 Å². The van der Waals surface area contributed by atoms with Crippen LogP contribution in [0.4, 0.5) is 0 Å². The second-order valence-electron chi connectivity index (χ2n) is 6.89. The second kappa shape index (κ2) is 8.26. The SMILES string of the molecule is CCCC1CCCCN1CCNC1CCC(C)CC1. The van der Waals surface area contributed by atoms with E-state index in [4.69, 9.17) is 0 Å². The maximum Gasteiger partial charge on any atom is 0.0110 e. The van der Waals surface area contributed by atoms with Gasteiger partial charge in [0.15, 0.2) is 0 Å².